The molecule has 1 rings (SSSR count). The van der Waals surface area contributed by atoms with E-state index in [9.17, 15) is 5.26 Å². The first kappa shape index (κ1) is 16.4. The zero-order valence-corrected chi connectivity index (χ0v) is 13.2. The van der Waals surface area contributed by atoms with Crippen LogP contribution in [0.1, 0.15) is 33.1 Å². The summed E-state index contributed by atoms with van der Waals surface area (Å²) in [5.74, 6) is 0.981. The summed E-state index contributed by atoms with van der Waals surface area (Å²) < 4.78 is 0. The van der Waals surface area contributed by atoms with Crippen LogP contribution in [0.3, 0.4) is 0 Å². The number of rotatable bonds is 8. The molecule has 0 aliphatic heterocycles. The average Bonchev–Trinajstić information content (AvgIpc) is 2.43. The minimum absolute atomic E-state index is 0.406. The standard InChI is InChI=1S/C15H21ClN2S/c1-3-10-18-15(2,12-17)9-6-11-19-14-8-5-4-7-13(14)16/h4-5,7-8,18H,3,6,9-11H2,1-2H3. The van der Waals surface area contributed by atoms with E-state index < -0.39 is 5.54 Å². The molecular weight excluding hydrogens is 276 g/mol. The molecule has 0 heterocycles. The number of nitriles is 1. The molecule has 2 nitrogen and oxygen atoms in total. The lowest BCUT2D eigenvalue weighted by Gasteiger charge is -2.22. The van der Waals surface area contributed by atoms with E-state index in [0.717, 1.165) is 41.5 Å². The van der Waals surface area contributed by atoms with Crippen LogP contribution in [0.2, 0.25) is 5.02 Å². The minimum Gasteiger partial charge on any atom is -0.300 e. The van der Waals surface area contributed by atoms with Crippen molar-refractivity contribution in [3.8, 4) is 6.07 Å². The smallest absolute Gasteiger partial charge is 0.103 e. The van der Waals surface area contributed by atoms with Gasteiger partial charge in [0.1, 0.15) is 5.54 Å². The van der Waals surface area contributed by atoms with Gasteiger partial charge in [-0.1, -0.05) is 30.7 Å². The second-order valence-electron chi connectivity index (χ2n) is 4.75. The molecule has 0 aromatic heterocycles. The fraction of sp³-hybridized carbons (Fsp3) is 0.533. The lowest BCUT2D eigenvalue weighted by molar-refractivity contribution is 0.415. The number of nitrogens with one attached hydrogen (secondary N) is 1. The summed E-state index contributed by atoms with van der Waals surface area (Å²) in [5, 5.41) is 13.3. The molecule has 104 valence electrons. The summed E-state index contributed by atoms with van der Waals surface area (Å²) in [6, 6.07) is 10.3. The van der Waals surface area contributed by atoms with Crippen molar-refractivity contribution in [3.63, 3.8) is 0 Å². The Hall–Kier alpha value is -0.690. The van der Waals surface area contributed by atoms with Crippen LogP contribution in [0, 0.1) is 11.3 Å². The Kier molecular flexibility index (Phi) is 7.30. The molecule has 0 aliphatic carbocycles. The van der Waals surface area contributed by atoms with Gasteiger partial charge in [-0.05, 0) is 50.6 Å². The van der Waals surface area contributed by atoms with Gasteiger partial charge < -0.3 is 0 Å². The predicted molar refractivity (Wildman–Crippen MR) is 83.7 cm³/mol. The van der Waals surface area contributed by atoms with Crippen LogP contribution in [0.25, 0.3) is 0 Å². The van der Waals surface area contributed by atoms with E-state index in [0.29, 0.717) is 0 Å². The van der Waals surface area contributed by atoms with Crippen LogP contribution in [0.15, 0.2) is 29.2 Å². The molecular formula is C15H21ClN2S. The Morgan fingerprint density at radius 1 is 1.42 bits per heavy atom. The van der Waals surface area contributed by atoms with Gasteiger partial charge in [-0.2, -0.15) is 5.26 Å². The molecule has 1 unspecified atom stereocenters. The van der Waals surface area contributed by atoms with Gasteiger partial charge >= 0.3 is 0 Å². The monoisotopic (exact) mass is 296 g/mol. The topological polar surface area (TPSA) is 35.8 Å². The molecule has 4 heteroatoms. The quantitative estimate of drug-likeness (QED) is 0.567. The highest BCUT2D eigenvalue weighted by atomic mass is 35.5. The fourth-order valence-corrected chi connectivity index (χ4v) is 2.94. The maximum Gasteiger partial charge on any atom is 0.103 e. The summed E-state index contributed by atoms with van der Waals surface area (Å²) >= 11 is 7.86. The second-order valence-corrected chi connectivity index (χ2v) is 6.30. The fourth-order valence-electron chi connectivity index (χ4n) is 1.75. The SMILES string of the molecule is CCCNC(C)(C#N)CCCSc1ccccc1Cl. The molecule has 1 aromatic rings. The van der Waals surface area contributed by atoms with Crippen LogP contribution in [0.5, 0.6) is 0 Å². The molecule has 0 saturated heterocycles. The maximum atomic E-state index is 9.23. The Balaban J connectivity index is 2.34. The molecule has 1 N–H and O–H groups in total. The third-order valence-corrected chi connectivity index (χ3v) is 4.53. The largest absolute Gasteiger partial charge is 0.300 e. The van der Waals surface area contributed by atoms with Crippen molar-refractivity contribution < 1.29 is 0 Å². The number of nitrogens with zero attached hydrogens (tertiary/aromatic N) is 1. The normalized spacial score (nSPS) is 13.8. The van der Waals surface area contributed by atoms with E-state index >= 15 is 0 Å². The van der Waals surface area contributed by atoms with Gasteiger partial charge in [0.15, 0.2) is 0 Å². The highest BCUT2D eigenvalue weighted by molar-refractivity contribution is 7.99. The number of halogens is 1. The minimum atomic E-state index is -0.406. The lowest BCUT2D eigenvalue weighted by Crippen LogP contribution is -2.41. The van der Waals surface area contributed by atoms with Crippen LogP contribution in [-0.4, -0.2) is 17.8 Å². The molecule has 0 amide bonds. The summed E-state index contributed by atoms with van der Waals surface area (Å²) in [4.78, 5) is 1.12. The summed E-state index contributed by atoms with van der Waals surface area (Å²) in [6.45, 7) is 4.97. The van der Waals surface area contributed by atoms with Gasteiger partial charge in [-0.25, -0.2) is 0 Å². The van der Waals surface area contributed by atoms with Crippen molar-refractivity contribution in [2.24, 2.45) is 0 Å². The van der Waals surface area contributed by atoms with Crippen LogP contribution >= 0.6 is 23.4 Å². The van der Waals surface area contributed by atoms with Crippen molar-refractivity contribution in [1.82, 2.24) is 5.32 Å². The van der Waals surface area contributed by atoms with E-state index in [1.165, 1.54) is 0 Å². The number of thioether (sulfide) groups is 1. The highest BCUT2D eigenvalue weighted by Crippen LogP contribution is 2.27. The van der Waals surface area contributed by atoms with Gasteiger partial charge in [0.25, 0.3) is 0 Å². The maximum absolute atomic E-state index is 9.23. The molecule has 0 fully saturated rings. The predicted octanol–water partition coefficient (Wildman–Crippen LogP) is 4.49. The molecule has 1 atom stereocenters. The third kappa shape index (κ3) is 5.86. The van der Waals surface area contributed by atoms with Gasteiger partial charge in [-0.3, -0.25) is 5.32 Å². The molecule has 0 aliphatic rings. The zero-order valence-electron chi connectivity index (χ0n) is 11.6. The van der Waals surface area contributed by atoms with E-state index in [1.54, 1.807) is 11.8 Å². The third-order valence-electron chi connectivity index (χ3n) is 2.93. The van der Waals surface area contributed by atoms with Crippen molar-refractivity contribution in [2.45, 2.75) is 43.5 Å². The summed E-state index contributed by atoms with van der Waals surface area (Å²) in [7, 11) is 0. The average molecular weight is 297 g/mol. The van der Waals surface area contributed by atoms with Crippen molar-refractivity contribution >= 4 is 23.4 Å². The Labute approximate surface area is 125 Å². The number of hydrogen-bond acceptors (Lipinski definition) is 3. The summed E-state index contributed by atoms with van der Waals surface area (Å²) in [6.07, 6.45) is 2.91. The second kappa shape index (κ2) is 8.47. The summed E-state index contributed by atoms with van der Waals surface area (Å²) in [5.41, 5.74) is -0.406. The van der Waals surface area contributed by atoms with Gasteiger partial charge in [-0.15, -0.1) is 11.8 Å². The van der Waals surface area contributed by atoms with Crippen LogP contribution in [0.4, 0.5) is 0 Å². The zero-order chi connectivity index (χ0) is 14.1. The van der Waals surface area contributed by atoms with Crippen LogP contribution in [-0.2, 0) is 0 Å². The first-order valence-electron chi connectivity index (χ1n) is 6.65. The van der Waals surface area contributed by atoms with E-state index in [1.807, 2.05) is 31.2 Å². The van der Waals surface area contributed by atoms with E-state index in [2.05, 4.69) is 18.3 Å². The van der Waals surface area contributed by atoms with Crippen molar-refractivity contribution in [1.29, 1.82) is 5.26 Å². The van der Waals surface area contributed by atoms with Crippen molar-refractivity contribution in [3.05, 3.63) is 29.3 Å². The molecule has 0 radical (unpaired) electrons. The van der Waals surface area contributed by atoms with Crippen LogP contribution < -0.4 is 5.32 Å². The molecule has 0 spiro atoms. The van der Waals surface area contributed by atoms with Gasteiger partial charge in [0.05, 0.1) is 11.1 Å². The highest BCUT2D eigenvalue weighted by Gasteiger charge is 2.21. The van der Waals surface area contributed by atoms with Gasteiger partial charge in [0, 0.05) is 4.90 Å². The Bertz CT molecular complexity index is 430. The Morgan fingerprint density at radius 3 is 2.79 bits per heavy atom. The number of hydrogen-bond donors (Lipinski definition) is 1. The Morgan fingerprint density at radius 2 is 2.16 bits per heavy atom. The molecule has 19 heavy (non-hydrogen) atoms. The van der Waals surface area contributed by atoms with Crippen molar-refractivity contribution in [2.75, 3.05) is 12.3 Å². The lowest BCUT2D eigenvalue weighted by atomic mass is 9.98. The first-order chi connectivity index (χ1) is 9.11. The molecule has 0 bridgehead atoms. The number of benzene rings is 1. The van der Waals surface area contributed by atoms with Gasteiger partial charge in [0.2, 0.25) is 0 Å². The first-order valence-corrected chi connectivity index (χ1v) is 8.01. The molecule has 0 saturated carbocycles. The van der Waals surface area contributed by atoms with E-state index in [-0.39, 0.29) is 0 Å². The molecule has 1 aromatic carbocycles. The van der Waals surface area contributed by atoms with E-state index in [4.69, 9.17) is 11.6 Å².